The molecule has 2 aromatic carbocycles. The van der Waals surface area contributed by atoms with Gasteiger partial charge in [-0.2, -0.15) is 0 Å². The first-order valence-electron chi connectivity index (χ1n) is 16.2. The summed E-state index contributed by atoms with van der Waals surface area (Å²) in [5.41, 5.74) is 7.17. The second-order valence-electron chi connectivity index (χ2n) is 13.1. The highest BCUT2D eigenvalue weighted by Gasteiger charge is 2.37. The number of cyclic esters (lactones) is 2. The van der Waals surface area contributed by atoms with Crippen molar-refractivity contribution in [3.8, 4) is 5.75 Å². The quantitative estimate of drug-likeness (QED) is 0.308. The van der Waals surface area contributed by atoms with Crippen LogP contribution in [0.4, 0.5) is 0 Å². The van der Waals surface area contributed by atoms with Gasteiger partial charge in [-0.15, -0.1) is 0 Å². The van der Waals surface area contributed by atoms with Gasteiger partial charge in [-0.25, -0.2) is 4.79 Å². The highest BCUT2D eigenvalue weighted by molar-refractivity contribution is 6.32. The molecule has 2 amide bonds. The first-order valence-corrected chi connectivity index (χ1v) is 16.6. The number of carbonyl (C=O) groups excluding carboxylic acids is 4. The summed E-state index contributed by atoms with van der Waals surface area (Å²) in [5, 5.41) is 5.90. The van der Waals surface area contributed by atoms with Gasteiger partial charge in [0.05, 0.1) is 17.5 Å². The molecule has 260 valence electrons. The van der Waals surface area contributed by atoms with Crippen molar-refractivity contribution in [2.45, 2.75) is 78.7 Å². The van der Waals surface area contributed by atoms with Crippen molar-refractivity contribution in [3.63, 3.8) is 0 Å². The summed E-state index contributed by atoms with van der Waals surface area (Å²) in [6, 6.07) is 11.9. The molecular formula is C37H48ClN3O7. The third kappa shape index (κ3) is 11.5. The smallest absolute Gasteiger partial charge is 0.347 e. The van der Waals surface area contributed by atoms with E-state index < -0.39 is 47.4 Å². The Bertz CT molecular complexity index is 1490. The number of rotatable bonds is 9. The minimum Gasteiger partial charge on any atom is -0.495 e. The Kier molecular flexibility index (Phi) is 14.2. The van der Waals surface area contributed by atoms with E-state index in [9.17, 15) is 19.2 Å². The second-order valence-corrected chi connectivity index (χ2v) is 13.5. The Morgan fingerprint density at radius 2 is 1.73 bits per heavy atom. The van der Waals surface area contributed by atoms with Crippen molar-refractivity contribution in [2.75, 3.05) is 13.7 Å². The fourth-order valence-corrected chi connectivity index (χ4v) is 5.25. The maximum Gasteiger partial charge on any atom is 0.347 e. The van der Waals surface area contributed by atoms with Crippen LogP contribution in [0.15, 0.2) is 60.7 Å². The van der Waals surface area contributed by atoms with E-state index in [0.29, 0.717) is 22.9 Å². The average molecular weight is 682 g/mol. The van der Waals surface area contributed by atoms with Gasteiger partial charge < -0.3 is 30.6 Å². The molecule has 48 heavy (non-hydrogen) atoms. The number of carbonyl (C=O) groups is 4. The summed E-state index contributed by atoms with van der Waals surface area (Å²) in [7, 11) is 1.50. The van der Waals surface area contributed by atoms with Crippen LogP contribution in [-0.2, 0) is 41.6 Å². The topological polar surface area (TPSA) is 146 Å². The molecular weight excluding hydrogens is 634 g/mol. The first-order chi connectivity index (χ1) is 22.7. The number of hydrogen-bond acceptors (Lipinski definition) is 8. The maximum atomic E-state index is 13.5. The van der Waals surface area contributed by atoms with E-state index >= 15 is 0 Å². The maximum absolute atomic E-state index is 13.5. The van der Waals surface area contributed by atoms with Gasteiger partial charge in [-0.05, 0) is 61.1 Å². The van der Waals surface area contributed by atoms with Crippen molar-refractivity contribution in [2.24, 2.45) is 23.0 Å². The number of methoxy groups -OCH3 is 1. The lowest BCUT2D eigenvalue weighted by molar-refractivity contribution is -0.178. The molecule has 4 N–H and O–H groups in total. The predicted octanol–water partition coefficient (Wildman–Crippen LogP) is 5.16. The van der Waals surface area contributed by atoms with Crippen molar-refractivity contribution in [1.29, 1.82) is 0 Å². The number of nitrogens with one attached hydrogen (secondary N) is 2. The van der Waals surface area contributed by atoms with Gasteiger partial charge in [0.1, 0.15) is 17.9 Å². The van der Waals surface area contributed by atoms with Crippen LogP contribution in [0.3, 0.4) is 0 Å². The molecule has 0 aliphatic carbocycles. The number of amides is 2. The van der Waals surface area contributed by atoms with Gasteiger partial charge in [0, 0.05) is 31.8 Å². The molecule has 11 heteroatoms. The molecule has 0 radical (unpaired) electrons. The average Bonchev–Trinajstić information content (AvgIpc) is 3.04. The van der Waals surface area contributed by atoms with E-state index in [2.05, 4.69) is 10.6 Å². The van der Waals surface area contributed by atoms with Crippen LogP contribution in [-0.4, -0.2) is 55.7 Å². The third-order valence-corrected chi connectivity index (χ3v) is 8.34. The molecule has 10 nitrogen and oxygen atoms in total. The monoisotopic (exact) mass is 681 g/mol. The lowest BCUT2D eigenvalue weighted by Gasteiger charge is -2.29. The molecule has 1 aliphatic rings. The van der Waals surface area contributed by atoms with Crippen LogP contribution >= 0.6 is 11.6 Å². The van der Waals surface area contributed by atoms with Gasteiger partial charge in [0.25, 0.3) is 0 Å². The van der Waals surface area contributed by atoms with E-state index in [0.717, 1.165) is 11.1 Å². The number of hydrogen-bond donors (Lipinski definition) is 3. The van der Waals surface area contributed by atoms with Crippen LogP contribution in [0.25, 0.3) is 6.08 Å². The zero-order chi connectivity index (χ0) is 35.4. The minimum atomic E-state index is -1.20. The summed E-state index contributed by atoms with van der Waals surface area (Å²) in [4.78, 5) is 53.5. The fourth-order valence-electron chi connectivity index (χ4n) is 4.97. The molecule has 0 unspecified atom stereocenters. The second kappa shape index (κ2) is 17.8. The number of halogens is 1. The Morgan fingerprint density at radius 3 is 2.35 bits per heavy atom. The summed E-state index contributed by atoms with van der Waals surface area (Å²) < 4.78 is 17.0. The summed E-state index contributed by atoms with van der Waals surface area (Å²) in [6.07, 6.45) is 5.52. The Hall–Kier alpha value is -4.15. The van der Waals surface area contributed by atoms with Crippen molar-refractivity contribution < 1.29 is 33.4 Å². The van der Waals surface area contributed by atoms with Crippen LogP contribution < -0.4 is 21.1 Å². The zero-order valence-electron chi connectivity index (χ0n) is 28.6. The molecule has 0 aromatic heterocycles. The Labute approximate surface area is 288 Å². The van der Waals surface area contributed by atoms with E-state index in [-0.39, 0.29) is 37.6 Å². The fraction of sp³-hybridized carbons (Fsp3) is 0.459. The van der Waals surface area contributed by atoms with Crippen LogP contribution in [0.5, 0.6) is 5.75 Å². The first kappa shape index (κ1) is 38.3. The standard InChI is InChI=1S/C37H48ClN3O7/c1-23(2)18-32-35(44)47-30(24(3)10-11-25-12-14-26(21-39)15-13-25)8-7-9-33(42)41-29(20-27-16-17-31(46-6)28(38)19-27)34(43)40-22-37(4,5)36(45)48-32/h7,9-17,19,23-24,29-30,32H,8,18,20-22,39H2,1-6H3,(H,40,43)(H,41,42)/t24-,29-,30+,32+/m1/s1. The molecule has 2 aromatic rings. The lowest BCUT2D eigenvalue weighted by atomic mass is 9.93. The summed E-state index contributed by atoms with van der Waals surface area (Å²) in [6.45, 7) is 9.32. The minimum absolute atomic E-state index is 0.0202. The SMILES string of the molecule is COc1ccc(C[C@H]2NC(=O)C=CC[C@@H]([C@H](C)C=Cc3ccc(CN)cc3)OC(=O)[C@H](CC(C)C)OC(=O)C(C)(C)CNC2=O)cc1Cl. The Balaban J connectivity index is 1.93. The van der Waals surface area contributed by atoms with Gasteiger partial charge in [0.15, 0.2) is 6.10 Å². The normalized spacial score (nSPS) is 21.7. The van der Waals surface area contributed by atoms with E-state index in [1.807, 2.05) is 57.2 Å². The van der Waals surface area contributed by atoms with Gasteiger partial charge in [-0.1, -0.05) is 80.9 Å². The molecule has 0 saturated heterocycles. The van der Waals surface area contributed by atoms with Crippen molar-refractivity contribution in [1.82, 2.24) is 10.6 Å². The predicted molar refractivity (Wildman–Crippen MR) is 186 cm³/mol. The molecule has 4 atom stereocenters. The number of ether oxygens (including phenoxy) is 3. The van der Waals surface area contributed by atoms with Crippen LogP contribution in [0.1, 0.15) is 64.2 Å². The van der Waals surface area contributed by atoms with Crippen LogP contribution in [0.2, 0.25) is 5.02 Å². The largest absolute Gasteiger partial charge is 0.495 e. The lowest BCUT2D eigenvalue weighted by Crippen LogP contribution is -2.51. The van der Waals surface area contributed by atoms with E-state index in [1.165, 1.54) is 13.2 Å². The molecule has 1 heterocycles. The molecule has 0 bridgehead atoms. The van der Waals surface area contributed by atoms with Gasteiger partial charge in [0.2, 0.25) is 11.8 Å². The number of esters is 2. The van der Waals surface area contributed by atoms with Crippen molar-refractivity contribution >= 4 is 41.4 Å². The van der Waals surface area contributed by atoms with Gasteiger partial charge >= 0.3 is 11.9 Å². The Morgan fingerprint density at radius 1 is 1.04 bits per heavy atom. The number of benzene rings is 2. The highest BCUT2D eigenvalue weighted by atomic mass is 35.5. The zero-order valence-corrected chi connectivity index (χ0v) is 29.3. The van der Waals surface area contributed by atoms with E-state index in [4.69, 9.17) is 31.5 Å². The molecule has 0 spiro atoms. The molecule has 3 rings (SSSR count). The third-order valence-electron chi connectivity index (χ3n) is 8.04. The summed E-state index contributed by atoms with van der Waals surface area (Å²) in [5.74, 6) is -2.11. The van der Waals surface area contributed by atoms with Gasteiger partial charge in [-0.3, -0.25) is 14.4 Å². The number of nitrogens with two attached hydrogens (primary N) is 1. The molecule has 0 fully saturated rings. The van der Waals surface area contributed by atoms with Crippen molar-refractivity contribution in [3.05, 3.63) is 82.4 Å². The molecule has 0 saturated carbocycles. The summed E-state index contributed by atoms with van der Waals surface area (Å²) >= 11 is 6.32. The molecule has 1 aliphatic heterocycles. The van der Waals surface area contributed by atoms with E-state index in [1.54, 1.807) is 38.1 Å². The highest BCUT2D eigenvalue weighted by Crippen LogP contribution is 2.26. The van der Waals surface area contributed by atoms with Crippen LogP contribution in [0, 0.1) is 17.3 Å².